The summed E-state index contributed by atoms with van der Waals surface area (Å²) in [5.41, 5.74) is 6.56. The number of rotatable bonds is 1. The van der Waals surface area contributed by atoms with E-state index < -0.39 is 11.3 Å². The fraction of sp³-hybridized carbons (Fsp3) is 0.235. The van der Waals surface area contributed by atoms with Crippen LogP contribution in [-0.2, 0) is 0 Å². The van der Waals surface area contributed by atoms with Crippen molar-refractivity contribution in [2.45, 2.75) is 11.2 Å². The van der Waals surface area contributed by atoms with E-state index in [1.807, 2.05) is 18.2 Å². The van der Waals surface area contributed by atoms with Gasteiger partial charge in [-0.15, -0.1) is 11.8 Å². The van der Waals surface area contributed by atoms with Gasteiger partial charge in [0.2, 0.25) is 0 Å². The molecule has 1 aromatic rings. The Bertz CT molecular complexity index is 835. The van der Waals surface area contributed by atoms with Crippen molar-refractivity contribution in [3.63, 3.8) is 0 Å². The van der Waals surface area contributed by atoms with Gasteiger partial charge in [0.1, 0.15) is 6.07 Å². The monoisotopic (exact) mass is 338 g/mol. The van der Waals surface area contributed by atoms with E-state index in [1.165, 1.54) is 0 Å². The van der Waals surface area contributed by atoms with Crippen LogP contribution in [0.2, 0.25) is 5.02 Å². The van der Waals surface area contributed by atoms with Crippen LogP contribution in [0, 0.1) is 39.4 Å². The number of hydrogen-bond acceptors (Lipinski definition) is 5. The van der Waals surface area contributed by atoms with E-state index in [0.717, 1.165) is 16.9 Å². The molecule has 0 aromatic heterocycles. The van der Waals surface area contributed by atoms with Gasteiger partial charge >= 0.3 is 0 Å². The molecule has 0 saturated heterocycles. The maximum absolute atomic E-state index is 9.78. The normalized spacial score (nSPS) is 24.9. The minimum absolute atomic E-state index is 0.0509. The molecule has 0 bridgehead atoms. The highest BCUT2D eigenvalue weighted by Crippen LogP contribution is 2.55. The maximum Gasteiger partial charge on any atom is 0.192 e. The van der Waals surface area contributed by atoms with Crippen molar-refractivity contribution in [1.82, 2.24) is 0 Å². The van der Waals surface area contributed by atoms with Crippen LogP contribution in [0.5, 0.6) is 0 Å². The van der Waals surface area contributed by atoms with Crippen molar-refractivity contribution in [1.29, 1.82) is 15.8 Å². The minimum atomic E-state index is -1.56. The van der Waals surface area contributed by atoms with Crippen LogP contribution in [0.1, 0.15) is 11.5 Å². The highest BCUT2D eigenvalue weighted by atomic mass is 35.5. The Morgan fingerprint density at radius 2 is 1.83 bits per heavy atom. The van der Waals surface area contributed by atoms with Crippen LogP contribution >= 0.6 is 23.4 Å². The molecule has 6 heteroatoms. The Morgan fingerprint density at radius 1 is 1.17 bits per heavy atom. The van der Waals surface area contributed by atoms with Gasteiger partial charge in [-0.2, -0.15) is 15.8 Å². The van der Waals surface area contributed by atoms with Crippen molar-refractivity contribution >= 4 is 23.4 Å². The SMILES string of the molecule is N#CC1=C(N)C(C#N)(C#N)[C@H](c2ccc(Cl)cc2)[C@@H]2SCC=C12. The molecule has 0 saturated carbocycles. The van der Waals surface area contributed by atoms with Gasteiger partial charge in [0, 0.05) is 21.9 Å². The molecule has 1 heterocycles. The van der Waals surface area contributed by atoms with Gasteiger partial charge in [-0.05, 0) is 23.3 Å². The molecule has 2 N–H and O–H groups in total. The summed E-state index contributed by atoms with van der Waals surface area (Å²) in [6.07, 6.45) is 1.96. The van der Waals surface area contributed by atoms with Crippen LogP contribution in [0.3, 0.4) is 0 Å². The molecule has 0 fully saturated rings. The van der Waals surface area contributed by atoms with Crippen molar-refractivity contribution in [2.75, 3.05) is 5.75 Å². The van der Waals surface area contributed by atoms with Gasteiger partial charge in [-0.1, -0.05) is 29.8 Å². The summed E-state index contributed by atoms with van der Waals surface area (Å²) in [5, 5.41) is 29.5. The van der Waals surface area contributed by atoms with Crippen LogP contribution in [0.15, 0.2) is 47.2 Å². The fourth-order valence-corrected chi connectivity index (χ4v) is 4.78. The van der Waals surface area contributed by atoms with E-state index in [4.69, 9.17) is 17.3 Å². The zero-order chi connectivity index (χ0) is 16.6. The second-order valence-electron chi connectivity index (χ2n) is 5.37. The third-order valence-electron chi connectivity index (χ3n) is 4.33. The van der Waals surface area contributed by atoms with E-state index in [0.29, 0.717) is 5.02 Å². The first kappa shape index (κ1) is 15.5. The molecule has 3 rings (SSSR count). The summed E-state index contributed by atoms with van der Waals surface area (Å²) in [6, 6.07) is 13.4. The van der Waals surface area contributed by atoms with Crippen LogP contribution in [0.25, 0.3) is 0 Å². The third kappa shape index (κ3) is 2.12. The zero-order valence-electron chi connectivity index (χ0n) is 12.0. The molecular formula is C17H11ClN4S. The topological polar surface area (TPSA) is 97.4 Å². The van der Waals surface area contributed by atoms with Crippen LogP contribution in [0.4, 0.5) is 0 Å². The summed E-state index contributed by atoms with van der Waals surface area (Å²) in [7, 11) is 0. The van der Waals surface area contributed by atoms with Gasteiger partial charge < -0.3 is 5.73 Å². The first-order valence-corrected chi connectivity index (χ1v) is 8.32. The standard InChI is InChI=1S/C17H11ClN4S/c18-11-3-1-10(2-4-11)14-15-12(5-6-23-15)13(7-19)16(22)17(14,8-20)9-21/h1-5,14-15H,6,22H2/t14-,15-/m1/s1. The van der Waals surface area contributed by atoms with E-state index in [1.54, 1.807) is 23.9 Å². The lowest BCUT2D eigenvalue weighted by molar-refractivity contribution is 0.457. The average Bonchev–Trinajstić information content (AvgIpc) is 3.04. The van der Waals surface area contributed by atoms with Crippen molar-refractivity contribution in [3.8, 4) is 18.2 Å². The Morgan fingerprint density at radius 3 is 2.39 bits per heavy atom. The summed E-state index contributed by atoms with van der Waals surface area (Å²) in [4.78, 5) is 0. The van der Waals surface area contributed by atoms with Crippen molar-refractivity contribution in [3.05, 3.63) is 57.8 Å². The zero-order valence-corrected chi connectivity index (χ0v) is 13.5. The Labute approximate surface area is 143 Å². The smallest absolute Gasteiger partial charge is 0.192 e. The summed E-state index contributed by atoms with van der Waals surface area (Å²) >= 11 is 7.57. The third-order valence-corrected chi connectivity index (χ3v) is 5.83. The Kier molecular flexibility index (Phi) is 3.82. The lowest BCUT2D eigenvalue weighted by Crippen LogP contribution is -2.42. The molecule has 0 spiro atoms. The number of nitrogens with zero attached hydrogens (tertiary/aromatic N) is 3. The lowest BCUT2D eigenvalue weighted by Gasteiger charge is -2.39. The number of nitriles is 3. The molecule has 1 aliphatic carbocycles. The second-order valence-corrected chi connectivity index (χ2v) is 6.99. The van der Waals surface area contributed by atoms with Gasteiger partial charge in [0.25, 0.3) is 0 Å². The first-order valence-electron chi connectivity index (χ1n) is 6.89. The Hall–Kier alpha value is -2.39. The number of halogens is 1. The summed E-state index contributed by atoms with van der Waals surface area (Å²) < 4.78 is 0. The molecule has 4 nitrogen and oxygen atoms in total. The number of fused-ring (bicyclic) bond motifs is 1. The predicted molar refractivity (Wildman–Crippen MR) is 89.0 cm³/mol. The number of hydrogen-bond donors (Lipinski definition) is 1. The summed E-state index contributed by atoms with van der Waals surface area (Å²) in [6.45, 7) is 0. The molecule has 0 amide bonds. The average molecular weight is 339 g/mol. The van der Waals surface area contributed by atoms with Gasteiger partial charge in [-0.3, -0.25) is 0 Å². The molecule has 1 aromatic carbocycles. The molecule has 2 aliphatic rings. The predicted octanol–water partition coefficient (Wildman–Crippen LogP) is 3.25. The highest BCUT2D eigenvalue weighted by Gasteiger charge is 2.54. The van der Waals surface area contributed by atoms with Crippen molar-refractivity contribution < 1.29 is 0 Å². The summed E-state index contributed by atoms with van der Waals surface area (Å²) in [5.74, 6) is 0.292. The van der Waals surface area contributed by atoms with Gasteiger partial charge in [-0.25, -0.2) is 0 Å². The maximum atomic E-state index is 9.78. The molecule has 23 heavy (non-hydrogen) atoms. The molecule has 1 aliphatic heterocycles. The Balaban J connectivity index is 2.29. The molecule has 2 atom stereocenters. The van der Waals surface area contributed by atoms with Gasteiger partial charge in [0.05, 0.1) is 23.4 Å². The van der Waals surface area contributed by atoms with Gasteiger partial charge in [0.15, 0.2) is 5.41 Å². The van der Waals surface area contributed by atoms with Crippen molar-refractivity contribution in [2.24, 2.45) is 11.1 Å². The molecule has 0 unspecified atom stereocenters. The number of thioether (sulfide) groups is 1. The second kappa shape index (κ2) is 5.67. The number of allylic oxidation sites excluding steroid dienone is 2. The quantitative estimate of drug-likeness (QED) is 0.847. The van der Waals surface area contributed by atoms with Crippen LogP contribution in [-0.4, -0.2) is 11.0 Å². The number of nitrogens with two attached hydrogens (primary N) is 1. The first-order chi connectivity index (χ1) is 11.1. The van der Waals surface area contributed by atoms with E-state index >= 15 is 0 Å². The van der Waals surface area contributed by atoms with E-state index in [9.17, 15) is 15.8 Å². The minimum Gasteiger partial charge on any atom is -0.399 e. The lowest BCUT2D eigenvalue weighted by atomic mass is 9.63. The largest absolute Gasteiger partial charge is 0.399 e. The van der Waals surface area contributed by atoms with E-state index in [2.05, 4.69) is 18.2 Å². The van der Waals surface area contributed by atoms with Crippen LogP contribution < -0.4 is 5.73 Å². The fourth-order valence-electron chi connectivity index (χ4n) is 3.22. The molecule has 112 valence electrons. The molecular weight excluding hydrogens is 328 g/mol. The number of benzene rings is 1. The molecule has 0 radical (unpaired) electrons. The highest BCUT2D eigenvalue weighted by molar-refractivity contribution is 8.00. The van der Waals surface area contributed by atoms with E-state index in [-0.39, 0.29) is 16.5 Å².